The maximum Gasteiger partial charge on any atom is 0.128 e. The molecule has 0 radical (unpaired) electrons. The van der Waals surface area contributed by atoms with Crippen molar-refractivity contribution >= 4 is 34.7 Å². The molecule has 106 valence electrons. The highest BCUT2D eigenvalue weighted by molar-refractivity contribution is 7.00. The molecule has 5 nitrogen and oxygen atoms in total. The molecule has 3 rings (SSSR count). The molecule has 0 aliphatic carbocycles. The minimum absolute atomic E-state index is 0.234. The molecule has 0 saturated carbocycles. The van der Waals surface area contributed by atoms with Crippen LogP contribution in [0.15, 0.2) is 17.1 Å². The van der Waals surface area contributed by atoms with Crippen molar-refractivity contribution in [2.75, 3.05) is 25.0 Å². The molecule has 1 aromatic heterocycles. The summed E-state index contributed by atoms with van der Waals surface area (Å²) in [7, 11) is 1.77. The number of nitrogens with two attached hydrogens (primary N) is 1. The molecular formula is C14H19N5S. The molecular weight excluding hydrogens is 270 g/mol. The first-order chi connectivity index (χ1) is 9.69. The summed E-state index contributed by atoms with van der Waals surface area (Å²) in [6.07, 6.45) is 2.92. The van der Waals surface area contributed by atoms with Gasteiger partial charge in [0, 0.05) is 38.0 Å². The van der Waals surface area contributed by atoms with Crippen molar-refractivity contribution in [3.8, 4) is 0 Å². The van der Waals surface area contributed by atoms with Crippen LogP contribution in [0, 0.1) is 5.92 Å². The molecule has 20 heavy (non-hydrogen) atoms. The number of fused-ring (bicyclic) bond motifs is 1. The van der Waals surface area contributed by atoms with E-state index < -0.39 is 0 Å². The molecule has 0 bridgehead atoms. The minimum Gasteiger partial charge on any atom is -0.368 e. The van der Waals surface area contributed by atoms with Crippen LogP contribution in [0.4, 0.5) is 5.69 Å². The maximum atomic E-state index is 6.15. The molecule has 0 unspecified atom stereocenters. The average molecular weight is 289 g/mol. The Hall–Kier alpha value is -1.53. The molecule has 6 heteroatoms. The number of hydrogen-bond acceptors (Lipinski definition) is 6. The molecule has 1 fully saturated rings. The SMILES string of the molecule is C/N=C\c1ccc(N2C[C@@H](C)C[C@@H](N)C2)c2nsnc12. The van der Waals surface area contributed by atoms with E-state index in [9.17, 15) is 0 Å². The van der Waals surface area contributed by atoms with Crippen LogP contribution in [-0.4, -0.2) is 41.1 Å². The minimum atomic E-state index is 0.234. The van der Waals surface area contributed by atoms with Crippen LogP contribution in [-0.2, 0) is 0 Å². The Bertz CT molecular complexity index is 626. The van der Waals surface area contributed by atoms with Gasteiger partial charge in [0.1, 0.15) is 11.0 Å². The molecule has 0 spiro atoms. The molecule has 2 N–H and O–H groups in total. The van der Waals surface area contributed by atoms with Gasteiger partial charge in [0.05, 0.1) is 17.4 Å². The van der Waals surface area contributed by atoms with Crippen molar-refractivity contribution in [1.29, 1.82) is 0 Å². The zero-order chi connectivity index (χ0) is 14.1. The molecule has 1 saturated heterocycles. The normalized spacial score (nSPS) is 23.9. The second kappa shape index (κ2) is 5.46. The summed E-state index contributed by atoms with van der Waals surface area (Å²) in [5.74, 6) is 0.609. The molecule has 1 aliphatic rings. The Labute approximate surface area is 122 Å². The van der Waals surface area contributed by atoms with Crippen molar-refractivity contribution in [1.82, 2.24) is 8.75 Å². The third kappa shape index (κ3) is 2.41. The predicted octanol–water partition coefficient (Wildman–Crippen LogP) is 1.91. The van der Waals surface area contributed by atoms with Crippen molar-refractivity contribution < 1.29 is 0 Å². The monoisotopic (exact) mass is 289 g/mol. The van der Waals surface area contributed by atoms with Crippen LogP contribution in [0.1, 0.15) is 18.9 Å². The van der Waals surface area contributed by atoms with Gasteiger partial charge in [0.15, 0.2) is 0 Å². The number of piperidine rings is 1. The second-order valence-electron chi connectivity index (χ2n) is 5.53. The summed E-state index contributed by atoms with van der Waals surface area (Å²) in [6, 6.07) is 4.42. The van der Waals surface area contributed by atoms with Crippen LogP contribution in [0.25, 0.3) is 11.0 Å². The molecule has 2 atom stereocenters. The highest BCUT2D eigenvalue weighted by atomic mass is 32.1. The lowest BCUT2D eigenvalue weighted by Gasteiger charge is -2.36. The fourth-order valence-corrected chi connectivity index (χ4v) is 3.54. The van der Waals surface area contributed by atoms with Crippen molar-refractivity contribution in [2.45, 2.75) is 19.4 Å². The van der Waals surface area contributed by atoms with Gasteiger partial charge in [-0.2, -0.15) is 8.75 Å². The van der Waals surface area contributed by atoms with Gasteiger partial charge < -0.3 is 10.6 Å². The number of aliphatic imine (C=N–C) groups is 1. The molecule has 0 amide bonds. The standard InChI is InChI=1S/C14H19N5S/c1-9-5-11(15)8-19(7-9)12-4-3-10(6-16-2)13-14(12)18-20-17-13/h3-4,6,9,11H,5,7-8,15H2,1-2H3/b16-6-/t9-,11+/m0/s1. The van der Waals surface area contributed by atoms with E-state index in [1.54, 1.807) is 7.05 Å². The summed E-state index contributed by atoms with van der Waals surface area (Å²) in [5, 5.41) is 0. The van der Waals surface area contributed by atoms with Crippen LogP contribution in [0.5, 0.6) is 0 Å². The van der Waals surface area contributed by atoms with Crippen LogP contribution in [0.3, 0.4) is 0 Å². The van der Waals surface area contributed by atoms with Gasteiger partial charge in [-0.25, -0.2) is 0 Å². The number of anilines is 1. The quantitative estimate of drug-likeness (QED) is 0.858. The van der Waals surface area contributed by atoms with Gasteiger partial charge in [0.25, 0.3) is 0 Å². The zero-order valence-electron chi connectivity index (χ0n) is 11.8. The van der Waals surface area contributed by atoms with Crippen LogP contribution in [0.2, 0.25) is 0 Å². The first-order valence-electron chi connectivity index (χ1n) is 6.87. The Morgan fingerprint density at radius 3 is 2.90 bits per heavy atom. The molecule has 2 aromatic rings. The lowest BCUT2D eigenvalue weighted by atomic mass is 9.96. The summed E-state index contributed by atoms with van der Waals surface area (Å²) < 4.78 is 8.89. The lowest BCUT2D eigenvalue weighted by molar-refractivity contribution is 0.402. The summed E-state index contributed by atoms with van der Waals surface area (Å²) in [4.78, 5) is 6.42. The fraction of sp³-hybridized carbons (Fsp3) is 0.500. The van der Waals surface area contributed by atoms with E-state index in [1.165, 1.54) is 11.7 Å². The Morgan fingerprint density at radius 1 is 1.35 bits per heavy atom. The van der Waals surface area contributed by atoms with E-state index >= 15 is 0 Å². The Morgan fingerprint density at radius 2 is 2.15 bits per heavy atom. The number of aromatic nitrogens is 2. The van der Waals surface area contributed by atoms with Crippen LogP contribution >= 0.6 is 11.7 Å². The maximum absolute atomic E-state index is 6.15. The largest absolute Gasteiger partial charge is 0.368 e. The molecule has 1 aliphatic heterocycles. The fourth-order valence-electron chi connectivity index (χ4n) is 2.97. The van der Waals surface area contributed by atoms with E-state index in [-0.39, 0.29) is 6.04 Å². The average Bonchev–Trinajstić information content (AvgIpc) is 2.87. The van der Waals surface area contributed by atoms with E-state index in [0.717, 1.165) is 41.8 Å². The zero-order valence-corrected chi connectivity index (χ0v) is 12.6. The Balaban J connectivity index is 2.04. The lowest BCUT2D eigenvalue weighted by Crippen LogP contribution is -2.46. The van der Waals surface area contributed by atoms with E-state index in [0.29, 0.717) is 5.92 Å². The third-order valence-corrected chi connectivity index (χ3v) is 4.25. The number of rotatable bonds is 2. The topological polar surface area (TPSA) is 67.4 Å². The number of hydrogen-bond donors (Lipinski definition) is 1. The van der Waals surface area contributed by atoms with E-state index in [2.05, 4.69) is 37.7 Å². The van der Waals surface area contributed by atoms with Crippen molar-refractivity contribution in [2.24, 2.45) is 16.6 Å². The summed E-state index contributed by atoms with van der Waals surface area (Å²) in [6.45, 7) is 4.17. The van der Waals surface area contributed by atoms with Crippen molar-refractivity contribution in [3.05, 3.63) is 17.7 Å². The second-order valence-corrected chi connectivity index (χ2v) is 6.06. The third-order valence-electron chi connectivity index (χ3n) is 3.73. The highest BCUT2D eigenvalue weighted by Crippen LogP contribution is 2.30. The molecule has 2 heterocycles. The highest BCUT2D eigenvalue weighted by Gasteiger charge is 2.24. The number of nitrogens with zero attached hydrogens (tertiary/aromatic N) is 4. The first kappa shape index (κ1) is 13.5. The molecule has 1 aromatic carbocycles. The number of benzene rings is 1. The van der Waals surface area contributed by atoms with Gasteiger partial charge in [-0.05, 0) is 24.5 Å². The first-order valence-corrected chi connectivity index (χ1v) is 7.60. The predicted molar refractivity (Wildman–Crippen MR) is 84.9 cm³/mol. The van der Waals surface area contributed by atoms with Gasteiger partial charge in [0.2, 0.25) is 0 Å². The van der Waals surface area contributed by atoms with Gasteiger partial charge in [-0.15, -0.1) is 0 Å². The van der Waals surface area contributed by atoms with Gasteiger partial charge >= 0.3 is 0 Å². The van der Waals surface area contributed by atoms with Gasteiger partial charge in [-0.3, -0.25) is 4.99 Å². The summed E-state index contributed by atoms with van der Waals surface area (Å²) in [5.41, 5.74) is 10.2. The summed E-state index contributed by atoms with van der Waals surface area (Å²) >= 11 is 1.25. The Kier molecular flexibility index (Phi) is 3.67. The van der Waals surface area contributed by atoms with Gasteiger partial charge in [-0.1, -0.05) is 6.92 Å². The van der Waals surface area contributed by atoms with Crippen LogP contribution < -0.4 is 10.6 Å². The van der Waals surface area contributed by atoms with Crippen molar-refractivity contribution in [3.63, 3.8) is 0 Å². The smallest absolute Gasteiger partial charge is 0.128 e. The van der Waals surface area contributed by atoms with E-state index in [1.807, 2.05) is 6.21 Å². The van der Waals surface area contributed by atoms with E-state index in [4.69, 9.17) is 5.73 Å².